The zero-order valence-corrected chi connectivity index (χ0v) is 29.1. The Hall–Kier alpha value is -4.83. The Bertz CT molecular complexity index is 1950. The molecule has 4 aromatic rings. The minimum atomic E-state index is -1.08. The third-order valence-corrected chi connectivity index (χ3v) is 10.5. The molecule has 4 atom stereocenters. The molecular weight excluding hydrogens is 663 g/mol. The van der Waals surface area contributed by atoms with Crippen molar-refractivity contribution in [3.05, 3.63) is 130 Å². The summed E-state index contributed by atoms with van der Waals surface area (Å²) in [5, 5.41) is 24.7. The number of phenols is 1. The monoisotopic (exact) mass is 702 g/mol. The molecule has 0 spiro atoms. The van der Waals surface area contributed by atoms with E-state index in [1.165, 1.54) is 11.0 Å². The summed E-state index contributed by atoms with van der Waals surface area (Å²) >= 11 is 6.42. The van der Waals surface area contributed by atoms with Crippen LogP contribution in [0.3, 0.4) is 0 Å². The van der Waals surface area contributed by atoms with Gasteiger partial charge in [-0.25, -0.2) is 0 Å². The number of amides is 2. The van der Waals surface area contributed by atoms with Crippen LogP contribution in [-0.4, -0.2) is 41.8 Å². The van der Waals surface area contributed by atoms with Crippen LogP contribution in [0.1, 0.15) is 38.2 Å². The number of anilines is 3. The van der Waals surface area contributed by atoms with E-state index in [1.54, 1.807) is 24.3 Å². The van der Waals surface area contributed by atoms with Crippen LogP contribution in [0.15, 0.2) is 120 Å². The van der Waals surface area contributed by atoms with Crippen molar-refractivity contribution in [3.63, 3.8) is 0 Å². The third kappa shape index (κ3) is 7.47. The maximum atomic E-state index is 14.3. The molecule has 10 heteroatoms. The average molecular weight is 703 g/mol. The lowest BCUT2D eigenvalue weighted by molar-refractivity contribution is -0.122. The minimum absolute atomic E-state index is 0.106. The van der Waals surface area contributed by atoms with Crippen molar-refractivity contribution in [2.45, 2.75) is 45.0 Å². The Morgan fingerprint density at radius 3 is 2.37 bits per heavy atom. The van der Waals surface area contributed by atoms with Gasteiger partial charge in [-0.3, -0.25) is 14.5 Å². The molecule has 3 N–H and O–H groups in total. The highest BCUT2D eigenvalue weighted by Crippen LogP contribution is 2.51. The lowest BCUT2D eigenvalue weighted by atomic mass is 9.58. The van der Waals surface area contributed by atoms with Crippen LogP contribution in [0.2, 0.25) is 11.3 Å². The number of fused-ring (bicyclic) bond motifs is 3. The van der Waals surface area contributed by atoms with E-state index in [2.05, 4.69) is 12.2 Å². The molecule has 0 saturated carbocycles. The summed E-state index contributed by atoms with van der Waals surface area (Å²) in [7, 11) is -1.08. The molecule has 2 heterocycles. The van der Waals surface area contributed by atoms with Gasteiger partial charge in [0.05, 0.1) is 28.6 Å². The predicted molar refractivity (Wildman–Crippen MR) is 201 cm³/mol. The normalized spacial score (nSPS) is 21.8. The van der Waals surface area contributed by atoms with Crippen molar-refractivity contribution >= 4 is 53.7 Å². The Kier molecular flexibility index (Phi) is 10.3. The van der Waals surface area contributed by atoms with Gasteiger partial charge in [0.15, 0.2) is 0 Å². The summed E-state index contributed by atoms with van der Waals surface area (Å²) in [4.78, 5) is 29.8. The van der Waals surface area contributed by atoms with Gasteiger partial charge in [0.25, 0.3) is 0 Å². The second-order valence-corrected chi connectivity index (χ2v) is 13.8. The molecule has 1 aliphatic carbocycles. The fraction of sp³-hybridized carbons (Fsp3) is 0.268. The van der Waals surface area contributed by atoms with Gasteiger partial charge in [-0.2, -0.15) is 0 Å². The molecule has 260 valence electrons. The van der Waals surface area contributed by atoms with Crippen molar-refractivity contribution in [1.82, 2.24) is 0 Å². The maximum Gasteiger partial charge on any atom is 0.455 e. The van der Waals surface area contributed by atoms with Gasteiger partial charge in [0.1, 0.15) is 18.1 Å². The number of carbonyl (C=O) groups excluding carboxylic acids is 2. The van der Waals surface area contributed by atoms with Crippen LogP contribution in [0.5, 0.6) is 11.5 Å². The summed E-state index contributed by atoms with van der Waals surface area (Å²) in [6.45, 7) is 2.32. The summed E-state index contributed by atoms with van der Waals surface area (Å²) in [6, 6.07) is 31.6. The molecule has 0 bridgehead atoms. The van der Waals surface area contributed by atoms with E-state index in [-0.39, 0.29) is 36.4 Å². The number of benzene rings is 4. The predicted octanol–water partition coefficient (Wildman–Crippen LogP) is 8.44. The van der Waals surface area contributed by atoms with Gasteiger partial charge in [0.2, 0.25) is 11.8 Å². The Morgan fingerprint density at radius 2 is 1.67 bits per heavy atom. The highest BCUT2D eigenvalue weighted by Gasteiger charge is 2.57. The van der Waals surface area contributed by atoms with Gasteiger partial charge in [0, 0.05) is 11.4 Å². The van der Waals surface area contributed by atoms with Gasteiger partial charge in [-0.05, 0) is 121 Å². The number of nitrogens with zero attached hydrogens (tertiary/aromatic N) is 1. The van der Waals surface area contributed by atoms with E-state index in [1.807, 2.05) is 78.9 Å². The first kappa shape index (κ1) is 34.6. The number of carbonyl (C=O) groups is 2. The summed E-state index contributed by atoms with van der Waals surface area (Å²) in [5.41, 5.74) is 6.14. The number of rotatable bonds is 11. The number of hydrogen-bond donors (Lipinski definition) is 3. The number of nitrogens with one attached hydrogen (secondary N) is 1. The van der Waals surface area contributed by atoms with Crippen LogP contribution in [0, 0.1) is 17.8 Å². The molecule has 7 rings (SSSR count). The van der Waals surface area contributed by atoms with Gasteiger partial charge >= 0.3 is 7.12 Å². The van der Waals surface area contributed by atoms with Crippen LogP contribution >= 0.6 is 11.6 Å². The van der Waals surface area contributed by atoms with Crippen LogP contribution in [0.25, 0.3) is 6.08 Å². The number of aromatic hydroxyl groups is 1. The largest absolute Gasteiger partial charge is 0.508 e. The van der Waals surface area contributed by atoms with E-state index in [4.69, 9.17) is 21.0 Å². The van der Waals surface area contributed by atoms with Crippen molar-refractivity contribution in [3.8, 4) is 11.5 Å². The van der Waals surface area contributed by atoms with E-state index in [9.17, 15) is 19.7 Å². The first-order valence-corrected chi connectivity index (χ1v) is 17.9. The molecule has 0 radical (unpaired) electrons. The average Bonchev–Trinajstić information content (AvgIpc) is 3.39. The maximum absolute atomic E-state index is 14.3. The third-order valence-electron chi connectivity index (χ3n) is 10.2. The van der Waals surface area contributed by atoms with E-state index >= 15 is 0 Å². The van der Waals surface area contributed by atoms with E-state index < -0.39 is 25.1 Å². The van der Waals surface area contributed by atoms with Gasteiger partial charge in [-0.1, -0.05) is 66.6 Å². The lowest BCUT2D eigenvalue weighted by Gasteiger charge is -2.43. The van der Waals surface area contributed by atoms with E-state index in [0.29, 0.717) is 35.7 Å². The number of phenolic OH excluding ortho intramolecular Hbond substituents is 1. The smallest absolute Gasteiger partial charge is 0.455 e. The topological polar surface area (TPSA) is 108 Å². The standard InChI is InChI=1S/C41H40BClN2O6/c1-2-26(21-27-14-19-32(46)23-36(27)43)13-20-37-38-28(25-50-33-11-7-4-8-12-33)22-34-39(35(38)24-42(49)51-37)41(48)45(40(34)47)31-17-15-30(16-18-31)44-29-9-5-3-6-10-29/h3-12,14-19,21,23,34-35,37,39,44,46,49H,2,13,20,22,24-25H2,1H3/b26-21+/t34-,35+,37-,39-/m1/s1. The van der Waals surface area contributed by atoms with Crippen molar-refractivity contribution in [2.75, 3.05) is 16.8 Å². The molecule has 2 saturated heterocycles. The molecule has 51 heavy (non-hydrogen) atoms. The summed E-state index contributed by atoms with van der Waals surface area (Å²) in [6.07, 6.45) is 4.13. The molecule has 0 aromatic heterocycles. The van der Waals surface area contributed by atoms with Gasteiger partial charge in [-0.15, -0.1) is 0 Å². The Labute approximate surface area is 303 Å². The SMILES string of the molecule is CC/C(=C\c1ccc(O)cc1Cl)CC[C@H]1OB(O)C[C@H]2C1=C(COc1ccccc1)C[C@H]1C(=O)N(c3ccc(Nc4ccccc4)cc3)C(=O)[C@H]12. The second kappa shape index (κ2) is 15.2. The number of para-hydroxylation sites is 2. The van der Waals surface area contributed by atoms with Gasteiger partial charge < -0.3 is 24.8 Å². The summed E-state index contributed by atoms with van der Waals surface area (Å²) < 4.78 is 12.5. The van der Waals surface area contributed by atoms with Crippen molar-refractivity contribution in [2.24, 2.45) is 17.8 Å². The quantitative estimate of drug-likeness (QED) is 0.0818. The first-order chi connectivity index (χ1) is 24.8. The lowest BCUT2D eigenvalue weighted by Crippen LogP contribution is -2.46. The number of ether oxygens (including phenoxy) is 1. The number of imide groups is 1. The van der Waals surface area contributed by atoms with Crippen LogP contribution in [-0.2, 0) is 14.2 Å². The minimum Gasteiger partial charge on any atom is -0.508 e. The molecule has 2 aliphatic heterocycles. The molecule has 0 unspecified atom stereocenters. The summed E-state index contributed by atoms with van der Waals surface area (Å²) in [5.74, 6) is -1.24. The first-order valence-electron chi connectivity index (χ1n) is 17.5. The molecule has 4 aromatic carbocycles. The number of hydrogen-bond acceptors (Lipinski definition) is 7. The zero-order chi connectivity index (χ0) is 35.5. The molecule has 3 aliphatic rings. The highest BCUT2D eigenvalue weighted by molar-refractivity contribution is 6.43. The Balaban J connectivity index is 1.17. The van der Waals surface area contributed by atoms with Crippen molar-refractivity contribution in [1.29, 1.82) is 0 Å². The second-order valence-electron chi connectivity index (χ2n) is 13.4. The zero-order valence-electron chi connectivity index (χ0n) is 28.4. The molecule has 2 amide bonds. The molecule has 8 nitrogen and oxygen atoms in total. The van der Waals surface area contributed by atoms with Crippen LogP contribution < -0.4 is 15.0 Å². The molecule has 2 fully saturated rings. The number of allylic oxidation sites excluding steroid dienone is 1. The van der Waals surface area contributed by atoms with Crippen molar-refractivity contribution < 1.29 is 29.1 Å². The fourth-order valence-corrected chi connectivity index (χ4v) is 7.97. The highest BCUT2D eigenvalue weighted by atomic mass is 35.5. The van der Waals surface area contributed by atoms with Crippen LogP contribution in [0.4, 0.5) is 17.1 Å². The molecular formula is C41H40BClN2O6. The van der Waals surface area contributed by atoms with E-state index in [0.717, 1.165) is 40.1 Å². The Morgan fingerprint density at radius 1 is 0.961 bits per heavy atom. The fourth-order valence-electron chi connectivity index (χ4n) is 7.74. The number of halogens is 1.